The van der Waals surface area contributed by atoms with E-state index in [1.807, 2.05) is 79.8 Å². The number of aliphatic hydroxyl groups excluding tert-OH is 9. The molecule has 0 amide bonds. The number of aliphatic hydroxyl groups is 10. The van der Waals surface area contributed by atoms with Crippen molar-refractivity contribution in [2.75, 3.05) is 0 Å². The predicted octanol–water partition coefficient (Wildman–Crippen LogP) is 2.77. The third kappa shape index (κ3) is 20.0. The summed E-state index contributed by atoms with van der Waals surface area (Å²) < 4.78 is 23.8. The Balaban J connectivity index is 1.56. The molecule has 0 aliphatic carbocycles. The molecule has 0 saturated carbocycles. The van der Waals surface area contributed by atoms with E-state index >= 15 is 0 Å². The fourth-order valence-corrected chi connectivity index (χ4v) is 9.15. The normalized spacial score (nSPS) is 41.9. The highest BCUT2D eigenvalue weighted by Crippen LogP contribution is 2.38. The largest absolute Gasteiger partial charge is 0.481 e. The molecule has 0 unspecified atom stereocenters. The molecule has 0 aromatic heterocycles. The first kappa shape index (κ1) is 60.6. The smallest absolute Gasteiger partial charge is 0.311 e. The molecule has 19 atom stereocenters. The molecular weight excluding hydrogens is 935 g/mol. The number of rotatable bonds is 6. The number of ether oxygens (including phenoxy) is 4. The van der Waals surface area contributed by atoms with Crippen LogP contribution in [0.2, 0.25) is 0 Å². The number of hydrogen-bond donors (Lipinski definition) is 12. The van der Waals surface area contributed by atoms with Crippen LogP contribution in [-0.2, 0) is 35.1 Å². The van der Waals surface area contributed by atoms with Crippen LogP contribution < -0.4 is 5.32 Å². The van der Waals surface area contributed by atoms with Gasteiger partial charge in [0, 0.05) is 37.6 Å². The summed E-state index contributed by atoms with van der Waals surface area (Å²) in [5.74, 6) is -6.83. The third-order valence-corrected chi connectivity index (χ3v) is 13.6. The SMILES string of the molecule is C[C@@H]1[C@H](O)[C@@H](C)/C=C/C=C/CC/C=C/C=C/C=C/C=C/[C@H](O[C@H]2O[C@H](C)[C@@H](O)[C@H](NCc3ccccc3)[C@@H]2O)C[C@@H]2O[C@](O)(C[C@@H](O)[C@H](O)CC[C@@H](O)C[C@@H](O)C[C@@H](O)CC(=O)O[C@H]1C)C[C@H](O)[C@H]2C(=O)O. The van der Waals surface area contributed by atoms with Crippen LogP contribution in [0.4, 0.5) is 0 Å². The molecule has 2 bridgehead atoms. The van der Waals surface area contributed by atoms with Crippen LogP contribution >= 0.6 is 0 Å². The highest BCUT2D eigenvalue weighted by molar-refractivity contribution is 5.71. The second-order valence-electron chi connectivity index (χ2n) is 19.7. The topological polar surface area (TPSA) is 306 Å². The Kier molecular flexibility index (Phi) is 25.6. The summed E-state index contributed by atoms with van der Waals surface area (Å²) >= 11 is 0. The number of esters is 1. The summed E-state index contributed by atoms with van der Waals surface area (Å²) in [5.41, 5.74) is 0.898. The van der Waals surface area contributed by atoms with Gasteiger partial charge in [-0.2, -0.15) is 0 Å². The monoisotopic (exact) mass is 1020 g/mol. The lowest BCUT2D eigenvalue weighted by Crippen LogP contribution is -2.63. The van der Waals surface area contributed by atoms with Crippen molar-refractivity contribution in [3.05, 3.63) is 109 Å². The molecule has 12 N–H and O–H groups in total. The van der Waals surface area contributed by atoms with Crippen molar-refractivity contribution in [1.82, 2.24) is 5.32 Å². The second kappa shape index (κ2) is 30.4. The van der Waals surface area contributed by atoms with Crippen molar-refractivity contribution in [3.8, 4) is 0 Å². The average Bonchev–Trinajstić information content (AvgIpc) is 3.31. The van der Waals surface area contributed by atoms with E-state index in [2.05, 4.69) is 5.32 Å². The van der Waals surface area contributed by atoms with E-state index in [0.717, 1.165) is 18.4 Å². The Bertz CT molecular complexity index is 1940. The van der Waals surface area contributed by atoms with Crippen LogP contribution in [0.15, 0.2) is 103 Å². The molecule has 3 aliphatic rings. The minimum atomic E-state index is -2.36. The lowest BCUT2D eigenvalue weighted by atomic mass is 9.82. The average molecular weight is 1020 g/mol. The van der Waals surface area contributed by atoms with Crippen molar-refractivity contribution >= 4 is 11.9 Å². The van der Waals surface area contributed by atoms with Crippen molar-refractivity contribution in [2.24, 2.45) is 17.8 Å². The molecule has 3 heterocycles. The first-order valence-electron chi connectivity index (χ1n) is 25.2. The summed E-state index contributed by atoms with van der Waals surface area (Å²) in [6.45, 7) is 7.18. The third-order valence-electron chi connectivity index (χ3n) is 13.6. The van der Waals surface area contributed by atoms with Gasteiger partial charge < -0.3 is 80.4 Å². The van der Waals surface area contributed by atoms with E-state index in [1.54, 1.807) is 51.2 Å². The van der Waals surface area contributed by atoms with Crippen LogP contribution in [0.3, 0.4) is 0 Å². The van der Waals surface area contributed by atoms with E-state index in [-0.39, 0.29) is 38.0 Å². The Morgan fingerprint density at radius 1 is 0.694 bits per heavy atom. The molecule has 0 spiro atoms. The quantitative estimate of drug-likeness (QED) is 0.182. The van der Waals surface area contributed by atoms with Crippen molar-refractivity contribution in [1.29, 1.82) is 0 Å². The summed E-state index contributed by atoms with van der Waals surface area (Å²) in [5, 5.41) is 124. The molecule has 4 rings (SSSR count). The molecule has 1 aromatic rings. The van der Waals surface area contributed by atoms with Gasteiger partial charge in [0.25, 0.3) is 0 Å². The van der Waals surface area contributed by atoms with Crippen LogP contribution in [0, 0.1) is 17.8 Å². The van der Waals surface area contributed by atoms with Gasteiger partial charge in [-0.15, -0.1) is 0 Å². The van der Waals surface area contributed by atoms with Gasteiger partial charge in [0.2, 0.25) is 0 Å². The molecule has 2 fully saturated rings. The molecule has 18 nitrogen and oxygen atoms in total. The highest BCUT2D eigenvalue weighted by atomic mass is 16.7. The fourth-order valence-electron chi connectivity index (χ4n) is 9.15. The first-order valence-corrected chi connectivity index (χ1v) is 25.2. The zero-order valence-corrected chi connectivity index (χ0v) is 41.9. The lowest BCUT2D eigenvalue weighted by Gasteiger charge is -2.45. The number of benzene rings is 1. The van der Waals surface area contributed by atoms with Crippen LogP contribution in [-0.4, -0.2) is 166 Å². The number of hydrogen-bond acceptors (Lipinski definition) is 17. The zero-order chi connectivity index (χ0) is 53.0. The van der Waals surface area contributed by atoms with Gasteiger partial charge in [-0.3, -0.25) is 9.59 Å². The van der Waals surface area contributed by atoms with Gasteiger partial charge in [0.05, 0.1) is 79.6 Å². The zero-order valence-electron chi connectivity index (χ0n) is 41.9. The number of carboxylic acid groups (broad SMARTS) is 1. The Hall–Kier alpha value is -3.96. The number of carbonyl (C=O) groups is 2. The molecular formula is C54H81NO17. The molecule has 0 radical (unpaired) electrons. The van der Waals surface area contributed by atoms with Gasteiger partial charge in [-0.1, -0.05) is 117 Å². The number of aliphatic carboxylic acids is 1. The fraction of sp³-hybridized carbons (Fsp3) is 0.630. The lowest BCUT2D eigenvalue weighted by molar-refractivity contribution is -0.310. The summed E-state index contributed by atoms with van der Waals surface area (Å²) in [6, 6.07) is 8.44. The summed E-state index contributed by atoms with van der Waals surface area (Å²) in [7, 11) is 0. The van der Waals surface area contributed by atoms with E-state index in [9.17, 15) is 65.8 Å². The second-order valence-corrected chi connectivity index (χ2v) is 19.7. The molecule has 2 saturated heterocycles. The maximum atomic E-state index is 12.7. The van der Waals surface area contributed by atoms with Gasteiger partial charge in [-0.25, -0.2) is 0 Å². The van der Waals surface area contributed by atoms with Gasteiger partial charge in [0.15, 0.2) is 12.1 Å². The minimum Gasteiger partial charge on any atom is -0.481 e. The minimum absolute atomic E-state index is 0.139. The number of carboxylic acids is 1. The van der Waals surface area contributed by atoms with Crippen LogP contribution in [0.5, 0.6) is 0 Å². The van der Waals surface area contributed by atoms with Gasteiger partial charge in [-0.05, 0) is 57.9 Å². The molecule has 404 valence electrons. The Labute approximate surface area is 423 Å². The van der Waals surface area contributed by atoms with E-state index in [4.69, 9.17) is 18.9 Å². The van der Waals surface area contributed by atoms with Gasteiger partial charge in [0.1, 0.15) is 18.1 Å². The van der Waals surface area contributed by atoms with Crippen LogP contribution in [0.25, 0.3) is 0 Å². The number of carbonyl (C=O) groups excluding carboxylic acids is 1. The molecule has 3 aliphatic heterocycles. The van der Waals surface area contributed by atoms with E-state index in [1.165, 1.54) is 0 Å². The van der Waals surface area contributed by atoms with E-state index in [0.29, 0.717) is 6.54 Å². The molecule has 72 heavy (non-hydrogen) atoms. The maximum Gasteiger partial charge on any atom is 0.311 e. The summed E-state index contributed by atoms with van der Waals surface area (Å²) in [6.07, 6.45) is 2.63. The van der Waals surface area contributed by atoms with E-state index < -0.39 is 141 Å². The maximum absolute atomic E-state index is 12.7. The highest BCUT2D eigenvalue weighted by Gasteiger charge is 2.51. The van der Waals surface area contributed by atoms with Crippen molar-refractivity contribution in [3.63, 3.8) is 0 Å². The number of fused-ring (bicyclic) bond motifs is 2. The van der Waals surface area contributed by atoms with Crippen molar-refractivity contribution < 1.29 is 84.7 Å². The Morgan fingerprint density at radius 2 is 1.31 bits per heavy atom. The molecule has 1 aromatic carbocycles. The predicted molar refractivity (Wildman–Crippen MR) is 266 cm³/mol. The number of allylic oxidation sites excluding steroid dienone is 10. The standard InChI is InChI=1S/C54H81NO17/c1-33-20-16-13-11-9-7-5-6-8-10-12-14-19-23-41(71-53-51(65)48(50(64)36(4)70-53)55-32-37-21-17-15-18-22-37)29-45-47(52(66)67)44(61)31-54(68,72-45)30-43(60)42(59)25-24-38(56)26-39(57)27-40(58)28-46(62)69-35(3)34(2)49(33)63/h5-6,8,10-23,33-36,38-45,47-51,53,55-61,63-65,68H,7,9,24-32H2,1-4H3,(H,66,67)/b6-5+,10-8+,13-11+,14-12+,20-16+,23-19+/t33-,34-,35-,36+,38+,39+,40+,41-,42+,43+,44-,45-,47+,48-,49+,50+,51-,53+,54+/m0/s1. The molecule has 18 heteroatoms. The number of nitrogens with one attached hydrogen (secondary N) is 1. The van der Waals surface area contributed by atoms with Gasteiger partial charge >= 0.3 is 11.9 Å². The van der Waals surface area contributed by atoms with Crippen molar-refractivity contribution in [2.45, 2.75) is 196 Å². The Morgan fingerprint density at radius 3 is 1.99 bits per heavy atom. The summed E-state index contributed by atoms with van der Waals surface area (Å²) in [4.78, 5) is 25.3. The number of cyclic esters (lactones) is 1. The first-order chi connectivity index (χ1) is 34.2. The van der Waals surface area contributed by atoms with Crippen LogP contribution in [0.1, 0.15) is 97.5 Å².